The van der Waals surface area contributed by atoms with Crippen LogP contribution in [-0.2, 0) is 22.5 Å². The van der Waals surface area contributed by atoms with E-state index < -0.39 is 12.1 Å². The molecule has 2 N–H and O–H groups in total. The molecule has 0 saturated carbocycles. The number of aliphatic carboxylic acids is 1. The van der Waals surface area contributed by atoms with Crippen LogP contribution in [0.3, 0.4) is 0 Å². The summed E-state index contributed by atoms with van der Waals surface area (Å²) in [6, 6.07) is 4.12. The molecule has 8 nitrogen and oxygen atoms in total. The number of rotatable bonds is 4. The van der Waals surface area contributed by atoms with Gasteiger partial charge in [-0.3, -0.25) is 10.00 Å². The van der Waals surface area contributed by atoms with E-state index in [0.29, 0.717) is 11.8 Å². The standard InChI is InChI=1S/C17H24N4O2.C2HF3O2/c1-11-3-4-14(23-11)9-21-6-5-15-13(8-21)10-22-16(15)7-17-18-12(2)19-20-17;3-2(4,5)1(6)7/h3-4,13,15-16H,5-10H2,1-2H3,(H,18,19,20);(H,6,7)/t13-,15-,16+;/m1./s1. The van der Waals surface area contributed by atoms with Gasteiger partial charge in [0.15, 0.2) is 5.82 Å². The summed E-state index contributed by atoms with van der Waals surface area (Å²) in [5, 5.41) is 14.3. The van der Waals surface area contributed by atoms with Gasteiger partial charge in [-0.25, -0.2) is 9.78 Å². The number of H-pyrrole nitrogens is 1. The van der Waals surface area contributed by atoms with Crippen molar-refractivity contribution in [3.8, 4) is 0 Å². The molecule has 2 aliphatic rings. The Bertz CT molecular complexity index is 851. The van der Waals surface area contributed by atoms with Crippen molar-refractivity contribution in [1.82, 2.24) is 20.1 Å². The summed E-state index contributed by atoms with van der Waals surface area (Å²) < 4.78 is 43.5. The van der Waals surface area contributed by atoms with Gasteiger partial charge in [0.05, 0.1) is 19.3 Å². The molecule has 2 aromatic heterocycles. The molecule has 166 valence electrons. The predicted octanol–water partition coefficient (Wildman–Crippen LogP) is 2.73. The predicted molar refractivity (Wildman–Crippen MR) is 98.6 cm³/mol. The SMILES string of the molecule is Cc1nc(C[C@@H]2OC[C@H]3CN(Cc4ccc(C)o4)CC[C@H]32)n[nH]1.O=C(O)C(F)(F)F. The average Bonchev–Trinajstić information content (AvgIpc) is 3.36. The third-order valence-corrected chi connectivity index (χ3v) is 5.32. The largest absolute Gasteiger partial charge is 0.490 e. The number of aryl methyl sites for hydroxylation is 2. The Hall–Kier alpha value is -2.40. The zero-order valence-corrected chi connectivity index (χ0v) is 16.8. The Balaban J connectivity index is 0.000000318. The van der Waals surface area contributed by atoms with E-state index in [0.717, 1.165) is 55.8 Å². The maximum absolute atomic E-state index is 10.6. The maximum atomic E-state index is 10.6. The van der Waals surface area contributed by atoms with Crippen molar-refractivity contribution in [2.24, 2.45) is 11.8 Å². The molecule has 3 atom stereocenters. The fourth-order valence-corrected chi connectivity index (χ4v) is 3.97. The monoisotopic (exact) mass is 430 g/mol. The highest BCUT2D eigenvalue weighted by Crippen LogP contribution is 2.36. The molecule has 4 rings (SSSR count). The molecule has 0 bridgehead atoms. The van der Waals surface area contributed by atoms with Crippen LogP contribution in [0.2, 0.25) is 0 Å². The van der Waals surface area contributed by atoms with Gasteiger partial charge in [0.1, 0.15) is 17.3 Å². The Kier molecular flexibility index (Phi) is 6.81. The van der Waals surface area contributed by atoms with Crippen molar-refractivity contribution in [2.45, 2.75) is 45.5 Å². The number of nitrogens with zero attached hydrogens (tertiary/aromatic N) is 3. The minimum atomic E-state index is -5.08. The molecule has 4 heterocycles. The highest BCUT2D eigenvalue weighted by Gasteiger charge is 2.41. The number of furan rings is 1. The third kappa shape index (κ3) is 5.82. The second kappa shape index (κ2) is 9.17. The van der Waals surface area contributed by atoms with Gasteiger partial charge in [-0.2, -0.15) is 18.3 Å². The number of halogens is 3. The maximum Gasteiger partial charge on any atom is 0.490 e. The van der Waals surface area contributed by atoms with Crippen LogP contribution in [0.15, 0.2) is 16.5 Å². The number of carboxylic acids is 1. The lowest BCUT2D eigenvalue weighted by atomic mass is 9.83. The van der Waals surface area contributed by atoms with E-state index in [-0.39, 0.29) is 6.10 Å². The second-order valence-electron chi connectivity index (χ2n) is 7.68. The van der Waals surface area contributed by atoms with Crippen LogP contribution in [0.1, 0.15) is 29.6 Å². The van der Waals surface area contributed by atoms with Gasteiger partial charge in [-0.15, -0.1) is 0 Å². The molecule has 2 aliphatic heterocycles. The van der Waals surface area contributed by atoms with Crippen LogP contribution in [0.4, 0.5) is 13.2 Å². The molecule has 2 saturated heterocycles. The highest BCUT2D eigenvalue weighted by molar-refractivity contribution is 5.73. The lowest BCUT2D eigenvalue weighted by Crippen LogP contribution is -2.41. The molecule has 0 aromatic carbocycles. The van der Waals surface area contributed by atoms with Crippen molar-refractivity contribution in [3.05, 3.63) is 35.3 Å². The van der Waals surface area contributed by atoms with Crippen LogP contribution in [0.5, 0.6) is 0 Å². The summed E-state index contributed by atoms with van der Waals surface area (Å²) >= 11 is 0. The van der Waals surface area contributed by atoms with Crippen molar-refractivity contribution in [1.29, 1.82) is 0 Å². The quantitative estimate of drug-likeness (QED) is 0.769. The Morgan fingerprint density at radius 3 is 2.67 bits per heavy atom. The van der Waals surface area contributed by atoms with E-state index in [1.165, 1.54) is 6.42 Å². The molecular formula is C19H25F3N4O4. The van der Waals surface area contributed by atoms with Gasteiger partial charge in [-0.1, -0.05) is 0 Å². The summed E-state index contributed by atoms with van der Waals surface area (Å²) in [6.45, 7) is 7.88. The second-order valence-corrected chi connectivity index (χ2v) is 7.68. The van der Waals surface area contributed by atoms with E-state index in [9.17, 15) is 13.2 Å². The number of carbonyl (C=O) groups is 1. The van der Waals surface area contributed by atoms with Crippen LogP contribution >= 0.6 is 0 Å². The van der Waals surface area contributed by atoms with Gasteiger partial charge in [-0.05, 0) is 44.9 Å². The first-order chi connectivity index (χ1) is 14.1. The van der Waals surface area contributed by atoms with E-state index in [4.69, 9.17) is 19.1 Å². The van der Waals surface area contributed by atoms with Gasteiger partial charge >= 0.3 is 12.1 Å². The fourth-order valence-electron chi connectivity index (χ4n) is 3.97. The summed E-state index contributed by atoms with van der Waals surface area (Å²) in [6.07, 6.45) is -2.82. The van der Waals surface area contributed by atoms with E-state index in [2.05, 4.69) is 26.1 Å². The van der Waals surface area contributed by atoms with Gasteiger partial charge < -0.3 is 14.3 Å². The van der Waals surface area contributed by atoms with Crippen molar-refractivity contribution in [2.75, 3.05) is 19.7 Å². The van der Waals surface area contributed by atoms with Crippen LogP contribution in [-0.4, -0.2) is 63.1 Å². The summed E-state index contributed by atoms with van der Waals surface area (Å²) in [7, 11) is 0. The number of piperidine rings is 1. The molecule has 0 aliphatic carbocycles. The number of aromatic nitrogens is 3. The van der Waals surface area contributed by atoms with E-state index >= 15 is 0 Å². The molecule has 11 heteroatoms. The molecule has 2 fully saturated rings. The number of hydrogen-bond donors (Lipinski definition) is 2. The van der Waals surface area contributed by atoms with Gasteiger partial charge in [0.2, 0.25) is 0 Å². The zero-order chi connectivity index (χ0) is 21.9. The van der Waals surface area contributed by atoms with Crippen LogP contribution in [0.25, 0.3) is 0 Å². The molecule has 0 unspecified atom stereocenters. The summed E-state index contributed by atoms with van der Waals surface area (Å²) in [5.41, 5.74) is 0. The molecule has 0 radical (unpaired) electrons. The van der Waals surface area contributed by atoms with Crippen LogP contribution < -0.4 is 0 Å². The van der Waals surface area contributed by atoms with E-state index in [1.54, 1.807) is 0 Å². The average molecular weight is 430 g/mol. The Morgan fingerprint density at radius 1 is 1.37 bits per heavy atom. The van der Waals surface area contributed by atoms with Crippen LogP contribution in [0, 0.1) is 25.7 Å². The Labute approximate surface area is 171 Å². The van der Waals surface area contributed by atoms with Crippen molar-refractivity contribution < 1.29 is 32.2 Å². The highest BCUT2D eigenvalue weighted by atomic mass is 19.4. The number of ether oxygens (including phenoxy) is 1. The minimum absolute atomic E-state index is 0.267. The lowest BCUT2D eigenvalue weighted by molar-refractivity contribution is -0.192. The molecule has 0 spiro atoms. The van der Waals surface area contributed by atoms with Gasteiger partial charge in [0.25, 0.3) is 0 Å². The number of carboxylic acid groups (broad SMARTS) is 1. The minimum Gasteiger partial charge on any atom is -0.475 e. The first kappa shape index (κ1) is 22.3. The number of fused-ring (bicyclic) bond motifs is 1. The molecule has 30 heavy (non-hydrogen) atoms. The number of aromatic amines is 1. The third-order valence-electron chi connectivity index (χ3n) is 5.32. The molecule has 0 amide bonds. The smallest absolute Gasteiger partial charge is 0.475 e. The molecular weight excluding hydrogens is 405 g/mol. The number of likely N-dealkylation sites (tertiary alicyclic amines) is 1. The fraction of sp³-hybridized carbons (Fsp3) is 0.632. The normalized spacial score (nSPS) is 24.2. The summed E-state index contributed by atoms with van der Waals surface area (Å²) in [5.74, 6) is 2.29. The first-order valence-electron chi connectivity index (χ1n) is 9.69. The zero-order valence-electron chi connectivity index (χ0n) is 16.8. The van der Waals surface area contributed by atoms with Crippen molar-refractivity contribution >= 4 is 5.97 Å². The van der Waals surface area contributed by atoms with E-state index in [1.807, 2.05) is 19.9 Å². The van der Waals surface area contributed by atoms with Crippen molar-refractivity contribution in [3.63, 3.8) is 0 Å². The van der Waals surface area contributed by atoms with Gasteiger partial charge in [0, 0.05) is 18.9 Å². The number of nitrogens with one attached hydrogen (secondary N) is 1. The first-order valence-corrected chi connectivity index (χ1v) is 9.69. The Morgan fingerprint density at radius 2 is 2.10 bits per heavy atom. The molecule has 2 aromatic rings. The lowest BCUT2D eigenvalue weighted by Gasteiger charge is -2.35. The number of alkyl halides is 3. The number of hydrogen-bond acceptors (Lipinski definition) is 6. The summed E-state index contributed by atoms with van der Waals surface area (Å²) in [4.78, 5) is 15.8. The topological polar surface area (TPSA) is 104 Å².